The summed E-state index contributed by atoms with van der Waals surface area (Å²) in [5.41, 5.74) is 0. The average Bonchev–Trinajstić information content (AvgIpc) is 1.60. The molecule has 0 saturated heterocycles. The lowest BCUT2D eigenvalue weighted by molar-refractivity contribution is -0.119. The van der Waals surface area contributed by atoms with Crippen LogP contribution < -0.4 is 5.32 Å². The maximum absolute atomic E-state index is 10.3. The van der Waals surface area contributed by atoms with E-state index in [-0.39, 0.29) is 0 Å². The van der Waals surface area contributed by atoms with Crippen LogP contribution in [-0.2, 0) is 9.36 Å². The number of nitrogens with one attached hydrogen (secondary N) is 1. The van der Waals surface area contributed by atoms with E-state index in [0.29, 0.717) is 0 Å². The molecule has 0 aliphatic carbocycles. The molecule has 0 spiro atoms. The maximum Gasteiger partial charge on any atom is 0.347 e. The van der Waals surface area contributed by atoms with Crippen LogP contribution in [0.25, 0.3) is 0 Å². The van der Waals surface area contributed by atoms with E-state index in [1.165, 1.54) is 13.8 Å². The first kappa shape index (κ1) is 9.62. The molecule has 0 heterocycles. The van der Waals surface area contributed by atoms with E-state index in [9.17, 15) is 9.36 Å². The molecule has 0 radical (unpaired) electrons. The topological polar surface area (TPSA) is 86.6 Å². The van der Waals surface area contributed by atoms with Gasteiger partial charge < -0.3 is 15.1 Å². The lowest BCUT2D eigenvalue weighted by Crippen LogP contribution is -2.30. The minimum absolute atomic E-state index is 0.448. The Labute approximate surface area is 58.6 Å². The molecule has 0 rings (SSSR count). The largest absolute Gasteiger partial charge is 0.347 e. The van der Waals surface area contributed by atoms with Gasteiger partial charge in [-0.05, 0) is 6.92 Å². The van der Waals surface area contributed by atoms with Gasteiger partial charge in [-0.25, -0.2) is 0 Å². The van der Waals surface area contributed by atoms with Crippen LogP contribution in [0.15, 0.2) is 0 Å². The lowest BCUT2D eigenvalue weighted by Gasteiger charge is -2.12. The van der Waals surface area contributed by atoms with Crippen LogP contribution in [0.1, 0.15) is 13.8 Å². The molecule has 5 nitrogen and oxygen atoms in total. The molecule has 3 N–H and O–H groups in total. The summed E-state index contributed by atoms with van der Waals surface area (Å²) in [5, 5.41) is 2.08. The van der Waals surface area contributed by atoms with Crippen LogP contribution in [0, 0.1) is 0 Å². The summed E-state index contributed by atoms with van der Waals surface area (Å²) in [5.74, 6) is -1.54. The van der Waals surface area contributed by atoms with Crippen molar-refractivity contribution < 1.29 is 19.1 Å². The minimum atomic E-state index is -4.14. The fraction of sp³-hybridized carbons (Fsp3) is 0.750. The Bertz CT molecular complexity index is 174. The molecule has 6 heteroatoms. The van der Waals surface area contributed by atoms with Crippen LogP contribution in [-0.4, -0.2) is 21.5 Å². The van der Waals surface area contributed by atoms with E-state index in [4.69, 9.17) is 9.79 Å². The predicted octanol–water partition coefficient (Wildman–Crippen LogP) is -0.354. The van der Waals surface area contributed by atoms with E-state index in [2.05, 4.69) is 5.32 Å². The number of amides is 1. The summed E-state index contributed by atoms with van der Waals surface area (Å²) in [6.45, 7) is 2.45. The van der Waals surface area contributed by atoms with Crippen molar-refractivity contribution in [3.05, 3.63) is 0 Å². The minimum Gasteiger partial charge on any atom is -0.342 e. The van der Waals surface area contributed by atoms with E-state index in [1.807, 2.05) is 0 Å². The molecule has 0 bridgehead atoms. The standard InChI is InChI=1S/C4H10NO4P/c1-3(6)5-4(2)10(7,8)9/h4H,1-2H3,(H,5,6)(H2,7,8,9)/t4-/m1/s1. The van der Waals surface area contributed by atoms with Crippen molar-refractivity contribution in [3.8, 4) is 0 Å². The molecule has 60 valence electrons. The lowest BCUT2D eigenvalue weighted by atomic mass is 10.6. The third-order valence-electron chi connectivity index (χ3n) is 0.917. The zero-order valence-electron chi connectivity index (χ0n) is 5.74. The summed E-state index contributed by atoms with van der Waals surface area (Å²) in [4.78, 5) is 27.1. The van der Waals surface area contributed by atoms with Gasteiger partial charge in [0.05, 0.1) is 0 Å². The molecule has 0 saturated carbocycles. The van der Waals surface area contributed by atoms with Gasteiger partial charge in [0.15, 0.2) is 0 Å². The molecule has 1 atom stereocenters. The van der Waals surface area contributed by atoms with E-state index >= 15 is 0 Å². The molecule has 0 unspecified atom stereocenters. The second kappa shape index (κ2) is 3.14. The van der Waals surface area contributed by atoms with Gasteiger partial charge in [0.2, 0.25) is 5.91 Å². The van der Waals surface area contributed by atoms with E-state index < -0.39 is 19.3 Å². The highest BCUT2D eigenvalue weighted by Crippen LogP contribution is 2.38. The normalized spacial score (nSPS) is 14.4. The first-order chi connectivity index (χ1) is 4.34. The summed E-state index contributed by atoms with van der Waals surface area (Å²) in [6, 6.07) is 0. The van der Waals surface area contributed by atoms with Crippen molar-refractivity contribution in [1.29, 1.82) is 0 Å². The Morgan fingerprint density at radius 2 is 2.00 bits per heavy atom. The van der Waals surface area contributed by atoms with E-state index in [1.54, 1.807) is 0 Å². The Balaban J connectivity index is 3.98. The zero-order valence-corrected chi connectivity index (χ0v) is 6.63. The quantitative estimate of drug-likeness (QED) is 0.490. The third-order valence-corrected chi connectivity index (χ3v) is 2.05. The summed E-state index contributed by atoms with van der Waals surface area (Å²) in [6.07, 6.45) is 0. The smallest absolute Gasteiger partial charge is 0.342 e. The molecular formula is C4H10NO4P. The van der Waals surface area contributed by atoms with Gasteiger partial charge in [-0.1, -0.05) is 0 Å². The fourth-order valence-corrected chi connectivity index (χ4v) is 0.728. The van der Waals surface area contributed by atoms with Crippen LogP contribution in [0.3, 0.4) is 0 Å². The first-order valence-electron chi connectivity index (χ1n) is 2.66. The van der Waals surface area contributed by atoms with Crippen LogP contribution in [0.4, 0.5) is 0 Å². The summed E-state index contributed by atoms with van der Waals surface area (Å²) in [7, 11) is -4.14. The molecule has 0 aliphatic heterocycles. The number of carbonyl (C=O) groups excluding carboxylic acids is 1. The molecule has 0 aromatic carbocycles. The molecule has 1 amide bonds. The Hall–Kier alpha value is -0.380. The molecule has 0 fully saturated rings. The average molecular weight is 167 g/mol. The van der Waals surface area contributed by atoms with Gasteiger partial charge in [0, 0.05) is 6.92 Å². The number of rotatable bonds is 2. The monoisotopic (exact) mass is 167 g/mol. The highest BCUT2D eigenvalue weighted by atomic mass is 31.2. The Kier molecular flexibility index (Phi) is 3.02. The Morgan fingerprint density at radius 3 is 2.10 bits per heavy atom. The van der Waals surface area contributed by atoms with Crippen LogP contribution in [0.5, 0.6) is 0 Å². The second-order valence-corrected chi connectivity index (χ2v) is 3.92. The zero-order chi connectivity index (χ0) is 8.36. The first-order valence-corrected chi connectivity index (χ1v) is 4.34. The molecule has 0 aromatic heterocycles. The van der Waals surface area contributed by atoms with Crippen molar-refractivity contribution in [2.45, 2.75) is 19.6 Å². The summed E-state index contributed by atoms with van der Waals surface area (Å²) < 4.78 is 10.3. The number of hydrogen-bond acceptors (Lipinski definition) is 2. The van der Waals surface area contributed by atoms with Crippen LogP contribution in [0.2, 0.25) is 0 Å². The third kappa shape index (κ3) is 3.61. The van der Waals surface area contributed by atoms with Gasteiger partial charge in [-0.15, -0.1) is 0 Å². The molecule has 0 aromatic rings. The van der Waals surface area contributed by atoms with Crippen molar-refractivity contribution >= 4 is 13.5 Å². The highest BCUT2D eigenvalue weighted by molar-refractivity contribution is 7.52. The van der Waals surface area contributed by atoms with E-state index in [0.717, 1.165) is 0 Å². The fourth-order valence-electron chi connectivity index (χ4n) is 0.378. The molecular weight excluding hydrogens is 157 g/mol. The van der Waals surface area contributed by atoms with Gasteiger partial charge >= 0.3 is 7.60 Å². The maximum atomic E-state index is 10.3. The second-order valence-electron chi connectivity index (χ2n) is 1.97. The summed E-state index contributed by atoms with van der Waals surface area (Å²) >= 11 is 0. The molecule has 10 heavy (non-hydrogen) atoms. The molecule has 0 aliphatic rings. The van der Waals surface area contributed by atoms with Crippen molar-refractivity contribution in [3.63, 3.8) is 0 Å². The highest BCUT2D eigenvalue weighted by Gasteiger charge is 2.23. The van der Waals surface area contributed by atoms with Crippen molar-refractivity contribution in [2.75, 3.05) is 0 Å². The van der Waals surface area contributed by atoms with Gasteiger partial charge in [-0.3, -0.25) is 9.36 Å². The Morgan fingerprint density at radius 1 is 1.60 bits per heavy atom. The number of carbonyl (C=O) groups is 1. The van der Waals surface area contributed by atoms with Crippen molar-refractivity contribution in [1.82, 2.24) is 5.32 Å². The SMILES string of the molecule is CC(=O)N[C@@H](C)P(=O)(O)O. The predicted molar refractivity (Wildman–Crippen MR) is 35.3 cm³/mol. The van der Waals surface area contributed by atoms with Crippen molar-refractivity contribution in [2.24, 2.45) is 0 Å². The number of hydrogen-bond donors (Lipinski definition) is 3. The van der Waals surface area contributed by atoms with Crippen LogP contribution >= 0.6 is 7.60 Å². The van der Waals surface area contributed by atoms with Gasteiger partial charge in [0.25, 0.3) is 0 Å². The van der Waals surface area contributed by atoms with Gasteiger partial charge in [0.1, 0.15) is 5.78 Å². The van der Waals surface area contributed by atoms with Gasteiger partial charge in [-0.2, -0.15) is 0 Å².